The van der Waals surface area contributed by atoms with Crippen molar-refractivity contribution in [2.45, 2.75) is 13.8 Å². The van der Waals surface area contributed by atoms with Crippen molar-refractivity contribution in [3.05, 3.63) is 41.0 Å². The first kappa shape index (κ1) is 10.4. The largest absolute Gasteiger partial charge is 0.384 e. The van der Waals surface area contributed by atoms with Gasteiger partial charge in [-0.2, -0.15) is 0 Å². The summed E-state index contributed by atoms with van der Waals surface area (Å²) in [6.45, 7) is 4.21. The molecule has 0 aromatic carbocycles. The third-order valence-electron chi connectivity index (χ3n) is 3.05. The van der Waals surface area contributed by atoms with Crippen LogP contribution in [0.3, 0.4) is 0 Å². The number of aryl methyl sites for hydroxylation is 2. The van der Waals surface area contributed by atoms with Gasteiger partial charge in [0.05, 0.1) is 5.69 Å². The molecule has 0 spiro atoms. The van der Waals surface area contributed by atoms with Crippen LogP contribution in [0, 0.1) is 13.8 Å². The molecule has 0 bridgehead atoms. The lowest BCUT2D eigenvalue weighted by Crippen LogP contribution is -1.96. The molecule has 0 atom stereocenters. The maximum Gasteiger partial charge on any atom is 0.118 e. The summed E-state index contributed by atoms with van der Waals surface area (Å²) >= 11 is 1.76. The van der Waals surface area contributed by atoms with Crippen LogP contribution in [0.15, 0.2) is 30.5 Å². The molecular formula is C13H13N3S. The fourth-order valence-electron chi connectivity index (χ4n) is 2.04. The second-order valence-corrected chi connectivity index (χ2v) is 5.31. The molecule has 17 heavy (non-hydrogen) atoms. The second kappa shape index (κ2) is 3.60. The molecule has 0 saturated carbocycles. The maximum absolute atomic E-state index is 6.21. The zero-order chi connectivity index (χ0) is 12.0. The van der Waals surface area contributed by atoms with E-state index in [1.807, 2.05) is 18.2 Å². The van der Waals surface area contributed by atoms with Crippen molar-refractivity contribution >= 4 is 22.0 Å². The van der Waals surface area contributed by atoms with E-state index in [9.17, 15) is 0 Å². The van der Waals surface area contributed by atoms with E-state index in [0.29, 0.717) is 0 Å². The summed E-state index contributed by atoms with van der Waals surface area (Å²) < 4.78 is 2.10. The number of rotatable bonds is 1. The Balaban J connectivity index is 2.30. The number of fused-ring (bicyclic) bond motifs is 1. The molecule has 3 nitrogen and oxygen atoms in total. The zero-order valence-corrected chi connectivity index (χ0v) is 10.6. The van der Waals surface area contributed by atoms with E-state index in [-0.39, 0.29) is 0 Å². The van der Waals surface area contributed by atoms with Gasteiger partial charge in [-0.25, -0.2) is 0 Å². The molecule has 0 fully saturated rings. The van der Waals surface area contributed by atoms with E-state index in [0.717, 1.165) is 17.1 Å². The van der Waals surface area contributed by atoms with E-state index >= 15 is 0 Å². The lowest BCUT2D eigenvalue weighted by Gasteiger charge is -2.01. The molecule has 4 heteroatoms. The molecule has 0 unspecified atom stereocenters. The van der Waals surface area contributed by atoms with E-state index in [1.54, 1.807) is 17.5 Å². The van der Waals surface area contributed by atoms with Crippen molar-refractivity contribution in [2.75, 3.05) is 5.73 Å². The molecule has 0 aliphatic heterocycles. The van der Waals surface area contributed by atoms with Gasteiger partial charge in [-0.3, -0.25) is 9.38 Å². The van der Waals surface area contributed by atoms with Gasteiger partial charge in [0.15, 0.2) is 0 Å². The average Bonchev–Trinajstić information content (AvgIpc) is 2.80. The Morgan fingerprint density at radius 3 is 2.76 bits per heavy atom. The highest BCUT2D eigenvalue weighted by Gasteiger charge is 2.14. The van der Waals surface area contributed by atoms with Gasteiger partial charge < -0.3 is 5.73 Å². The Labute approximate surface area is 104 Å². The van der Waals surface area contributed by atoms with Crippen LogP contribution in [0.5, 0.6) is 0 Å². The quantitative estimate of drug-likeness (QED) is 0.713. The molecule has 0 saturated heterocycles. The minimum atomic E-state index is 0.778. The molecule has 0 aliphatic carbocycles. The number of anilines is 1. The monoisotopic (exact) mass is 243 g/mol. The molecule has 2 N–H and O–H groups in total. The predicted molar refractivity (Wildman–Crippen MR) is 72.4 cm³/mol. The standard InChI is InChI=1S/C13H13N3S/c1-8-9(2)17-12-7-10(13(14)16(8)12)11-5-3-4-6-15-11/h3-7H,14H2,1-2H3. The number of hydrogen-bond acceptors (Lipinski definition) is 3. The first-order chi connectivity index (χ1) is 8.18. The van der Waals surface area contributed by atoms with Crippen molar-refractivity contribution in [3.63, 3.8) is 0 Å². The Bertz CT molecular complexity index is 680. The van der Waals surface area contributed by atoms with Gasteiger partial charge in [0.1, 0.15) is 10.6 Å². The van der Waals surface area contributed by atoms with Crippen LogP contribution in [0.25, 0.3) is 16.1 Å². The van der Waals surface area contributed by atoms with E-state index in [4.69, 9.17) is 5.73 Å². The number of nitrogens with two attached hydrogens (primary N) is 1. The maximum atomic E-state index is 6.21. The second-order valence-electron chi connectivity index (χ2n) is 4.08. The van der Waals surface area contributed by atoms with Crippen LogP contribution < -0.4 is 5.73 Å². The Kier molecular flexibility index (Phi) is 2.19. The van der Waals surface area contributed by atoms with Crippen LogP contribution in [0.1, 0.15) is 10.6 Å². The normalized spacial score (nSPS) is 11.2. The van der Waals surface area contributed by atoms with Gasteiger partial charge in [0, 0.05) is 22.3 Å². The van der Waals surface area contributed by atoms with Crippen molar-refractivity contribution in [2.24, 2.45) is 0 Å². The lowest BCUT2D eigenvalue weighted by atomic mass is 10.2. The molecule has 0 radical (unpaired) electrons. The molecule has 86 valence electrons. The fourth-order valence-corrected chi connectivity index (χ4v) is 3.09. The molecular weight excluding hydrogens is 230 g/mol. The first-order valence-corrected chi connectivity index (χ1v) is 6.28. The van der Waals surface area contributed by atoms with Crippen LogP contribution >= 0.6 is 11.3 Å². The van der Waals surface area contributed by atoms with Gasteiger partial charge in [-0.15, -0.1) is 11.3 Å². The zero-order valence-electron chi connectivity index (χ0n) is 9.77. The highest BCUT2D eigenvalue weighted by atomic mass is 32.1. The van der Waals surface area contributed by atoms with Gasteiger partial charge in [0.25, 0.3) is 0 Å². The number of nitrogens with zero attached hydrogens (tertiary/aromatic N) is 2. The lowest BCUT2D eigenvalue weighted by molar-refractivity contribution is 1.12. The summed E-state index contributed by atoms with van der Waals surface area (Å²) in [5, 5.41) is 0. The summed E-state index contributed by atoms with van der Waals surface area (Å²) in [7, 11) is 0. The molecule has 3 heterocycles. The van der Waals surface area contributed by atoms with Crippen LogP contribution in [0.2, 0.25) is 0 Å². The van der Waals surface area contributed by atoms with Crippen molar-refractivity contribution in [3.8, 4) is 11.3 Å². The minimum Gasteiger partial charge on any atom is -0.384 e. The number of thiazole rings is 1. The van der Waals surface area contributed by atoms with Gasteiger partial charge >= 0.3 is 0 Å². The topological polar surface area (TPSA) is 43.3 Å². The molecule has 0 amide bonds. The van der Waals surface area contributed by atoms with Crippen LogP contribution in [0.4, 0.5) is 5.82 Å². The number of nitrogen functional groups attached to an aromatic ring is 1. The summed E-state index contributed by atoms with van der Waals surface area (Å²) in [5.74, 6) is 0.778. The van der Waals surface area contributed by atoms with E-state index < -0.39 is 0 Å². The van der Waals surface area contributed by atoms with Crippen molar-refractivity contribution in [1.29, 1.82) is 0 Å². The molecule has 3 aromatic heterocycles. The first-order valence-electron chi connectivity index (χ1n) is 5.47. The molecule has 0 aliphatic rings. The Morgan fingerprint density at radius 2 is 2.12 bits per heavy atom. The summed E-state index contributed by atoms with van der Waals surface area (Å²) in [4.78, 5) is 6.83. The molecule has 3 rings (SSSR count). The summed E-state index contributed by atoms with van der Waals surface area (Å²) in [6, 6.07) is 7.99. The van der Waals surface area contributed by atoms with E-state index in [2.05, 4.69) is 29.3 Å². The van der Waals surface area contributed by atoms with Crippen LogP contribution in [-0.4, -0.2) is 9.38 Å². The van der Waals surface area contributed by atoms with Gasteiger partial charge in [0.2, 0.25) is 0 Å². The van der Waals surface area contributed by atoms with Crippen molar-refractivity contribution < 1.29 is 0 Å². The van der Waals surface area contributed by atoms with Crippen LogP contribution in [-0.2, 0) is 0 Å². The summed E-state index contributed by atoms with van der Waals surface area (Å²) in [6.07, 6.45) is 1.79. The van der Waals surface area contributed by atoms with Gasteiger partial charge in [-0.1, -0.05) is 6.07 Å². The number of aromatic nitrogens is 2. The third kappa shape index (κ3) is 1.45. The SMILES string of the molecule is Cc1sc2cc(-c3ccccn3)c(N)n2c1C. The number of pyridine rings is 1. The Hall–Kier alpha value is -1.81. The molecule has 3 aromatic rings. The minimum absolute atomic E-state index is 0.778. The predicted octanol–water partition coefficient (Wildman–Crippen LogP) is 3.26. The van der Waals surface area contributed by atoms with E-state index in [1.165, 1.54) is 15.4 Å². The van der Waals surface area contributed by atoms with Crippen molar-refractivity contribution in [1.82, 2.24) is 9.38 Å². The van der Waals surface area contributed by atoms with Gasteiger partial charge in [-0.05, 0) is 32.0 Å². The Morgan fingerprint density at radius 1 is 1.29 bits per heavy atom. The number of hydrogen-bond donors (Lipinski definition) is 1. The summed E-state index contributed by atoms with van der Waals surface area (Å²) in [5.41, 5.74) is 9.37. The highest BCUT2D eigenvalue weighted by Crippen LogP contribution is 2.34. The highest BCUT2D eigenvalue weighted by molar-refractivity contribution is 7.17. The average molecular weight is 243 g/mol. The smallest absolute Gasteiger partial charge is 0.118 e. The fraction of sp³-hybridized carbons (Fsp3) is 0.154. The third-order valence-corrected chi connectivity index (χ3v) is 4.16.